The molecule has 3 aliphatic rings. The Morgan fingerprint density at radius 1 is 1.08 bits per heavy atom. The Labute approximate surface area is 83.8 Å². The first kappa shape index (κ1) is 8.64. The summed E-state index contributed by atoms with van der Waals surface area (Å²) in [6, 6.07) is 0. The van der Waals surface area contributed by atoms with Crippen molar-refractivity contribution in [3.8, 4) is 0 Å². The van der Waals surface area contributed by atoms with E-state index in [1.54, 1.807) is 32.1 Å². The normalized spacial score (nSPS) is 54.5. The molecular weight excluding hydrogens is 176 g/mol. The molecule has 0 aromatic carbocycles. The van der Waals surface area contributed by atoms with Crippen LogP contribution in [0.3, 0.4) is 0 Å². The SMILES string of the molecule is CS(C)(C)C1CC2CCC23CCC13. The Morgan fingerprint density at radius 2 is 1.77 bits per heavy atom. The summed E-state index contributed by atoms with van der Waals surface area (Å²) in [7, 11) is -0.264. The second kappa shape index (κ2) is 2.29. The second-order valence-electron chi connectivity index (χ2n) is 6.32. The molecule has 3 saturated carbocycles. The minimum atomic E-state index is -0.264. The quantitative estimate of drug-likeness (QED) is 0.607. The molecule has 0 N–H and O–H groups in total. The molecule has 0 radical (unpaired) electrons. The van der Waals surface area contributed by atoms with Crippen molar-refractivity contribution in [3.05, 3.63) is 0 Å². The zero-order valence-electron chi connectivity index (χ0n) is 9.18. The lowest BCUT2D eigenvalue weighted by Gasteiger charge is -2.58. The van der Waals surface area contributed by atoms with Gasteiger partial charge in [-0.3, -0.25) is 0 Å². The average molecular weight is 198 g/mol. The van der Waals surface area contributed by atoms with Crippen molar-refractivity contribution in [1.29, 1.82) is 0 Å². The molecule has 0 amide bonds. The summed E-state index contributed by atoms with van der Waals surface area (Å²) in [5, 5.41) is 1.13. The van der Waals surface area contributed by atoms with E-state index in [-0.39, 0.29) is 10.0 Å². The summed E-state index contributed by atoms with van der Waals surface area (Å²) in [6.07, 6.45) is 15.5. The molecule has 1 spiro atoms. The Morgan fingerprint density at radius 3 is 2.08 bits per heavy atom. The summed E-state index contributed by atoms with van der Waals surface area (Å²) in [6.45, 7) is 0. The van der Waals surface area contributed by atoms with Gasteiger partial charge in [-0.2, -0.15) is 0 Å². The van der Waals surface area contributed by atoms with Crippen LogP contribution in [0.4, 0.5) is 0 Å². The van der Waals surface area contributed by atoms with Crippen molar-refractivity contribution in [2.45, 2.75) is 37.4 Å². The Balaban J connectivity index is 1.87. The molecule has 0 heterocycles. The Hall–Kier alpha value is 0.350. The van der Waals surface area contributed by atoms with Crippen LogP contribution in [0, 0.1) is 17.3 Å². The Kier molecular flexibility index (Phi) is 1.52. The first-order chi connectivity index (χ1) is 6.04. The van der Waals surface area contributed by atoms with Crippen LogP contribution in [-0.2, 0) is 0 Å². The van der Waals surface area contributed by atoms with E-state index < -0.39 is 0 Å². The van der Waals surface area contributed by atoms with Gasteiger partial charge in [0.1, 0.15) is 0 Å². The van der Waals surface area contributed by atoms with Crippen LogP contribution < -0.4 is 0 Å². The van der Waals surface area contributed by atoms with Crippen LogP contribution in [-0.4, -0.2) is 24.0 Å². The van der Waals surface area contributed by atoms with E-state index >= 15 is 0 Å². The van der Waals surface area contributed by atoms with Crippen LogP contribution in [0.5, 0.6) is 0 Å². The van der Waals surface area contributed by atoms with E-state index in [1.807, 2.05) is 0 Å². The minimum absolute atomic E-state index is 0.264. The highest BCUT2D eigenvalue weighted by atomic mass is 32.3. The van der Waals surface area contributed by atoms with E-state index in [4.69, 9.17) is 0 Å². The summed E-state index contributed by atoms with van der Waals surface area (Å²) in [5.41, 5.74) is 0.922. The fourth-order valence-electron chi connectivity index (χ4n) is 4.35. The van der Waals surface area contributed by atoms with Crippen molar-refractivity contribution < 1.29 is 0 Å². The molecular formula is C12H22S. The number of hydrogen-bond acceptors (Lipinski definition) is 0. The van der Waals surface area contributed by atoms with Gasteiger partial charge in [0.2, 0.25) is 0 Å². The molecule has 0 saturated heterocycles. The highest BCUT2D eigenvalue weighted by Crippen LogP contribution is 2.75. The molecule has 0 aliphatic heterocycles. The van der Waals surface area contributed by atoms with Gasteiger partial charge in [0.25, 0.3) is 0 Å². The molecule has 0 aromatic rings. The van der Waals surface area contributed by atoms with E-state index in [0.717, 1.165) is 10.7 Å². The average Bonchev–Trinajstić information content (AvgIpc) is 2.02. The third-order valence-corrected chi connectivity index (χ3v) is 7.64. The zero-order chi connectivity index (χ0) is 9.27. The fraction of sp³-hybridized carbons (Fsp3) is 1.00. The first-order valence-corrected chi connectivity index (χ1v) is 8.63. The van der Waals surface area contributed by atoms with E-state index in [1.165, 1.54) is 11.8 Å². The van der Waals surface area contributed by atoms with Gasteiger partial charge in [0.05, 0.1) is 0 Å². The third-order valence-electron chi connectivity index (χ3n) is 5.30. The van der Waals surface area contributed by atoms with Gasteiger partial charge in [0, 0.05) is 0 Å². The lowest BCUT2D eigenvalue weighted by molar-refractivity contribution is -0.0627. The lowest BCUT2D eigenvalue weighted by Crippen LogP contribution is -2.49. The summed E-state index contributed by atoms with van der Waals surface area (Å²) in [5.74, 6) is 2.34. The van der Waals surface area contributed by atoms with E-state index in [2.05, 4.69) is 18.8 Å². The first-order valence-electron chi connectivity index (χ1n) is 5.71. The van der Waals surface area contributed by atoms with Crippen LogP contribution in [0.25, 0.3) is 0 Å². The molecule has 0 nitrogen and oxygen atoms in total. The predicted octanol–water partition coefficient (Wildman–Crippen LogP) is 3.26. The van der Waals surface area contributed by atoms with Crippen molar-refractivity contribution in [3.63, 3.8) is 0 Å². The minimum Gasteiger partial charge on any atom is -0.247 e. The maximum atomic E-state index is 2.54. The molecule has 1 heteroatoms. The molecule has 0 aromatic heterocycles. The summed E-state index contributed by atoms with van der Waals surface area (Å²) >= 11 is 0. The third kappa shape index (κ3) is 0.900. The van der Waals surface area contributed by atoms with Gasteiger partial charge in [0.15, 0.2) is 0 Å². The molecule has 13 heavy (non-hydrogen) atoms. The van der Waals surface area contributed by atoms with Crippen LogP contribution in [0.15, 0.2) is 0 Å². The van der Waals surface area contributed by atoms with Gasteiger partial charge < -0.3 is 0 Å². The van der Waals surface area contributed by atoms with Gasteiger partial charge in [-0.1, -0.05) is 0 Å². The number of rotatable bonds is 1. The lowest BCUT2D eigenvalue weighted by atomic mass is 9.49. The molecule has 0 bridgehead atoms. The van der Waals surface area contributed by atoms with Gasteiger partial charge in [-0.15, -0.1) is 0 Å². The van der Waals surface area contributed by atoms with Crippen LogP contribution in [0.1, 0.15) is 32.1 Å². The summed E-state index contributed by atoms with van der Waals surface area (Å²) < 4.78 is 0. The van der Waals surface area contributed by atoms with Gasteiger partial charge >= 0.3 is 0 Å². The number of hydrogen-bond donors (Lipinski definition) is 0. The fourth-order valence-corrected chi connectivity index (χ4v) is 6.56. The topological polar surface area (TPSA) is 0 Å². The maximum Gasteiger partial charge on any atom is -0.00826 e. The second-order valence-corrected chi connectivity index (χ2v) is 10.8. The highest BCUT2D eigenvalue weighted by Gasteiger charge is 2.65. The maximum absolute atomic E-state index is 2.54. The van der Waals surface area contributed by atoms with Crippen LogP contribution >= 0.6 is 10.0 Å². The van der Waals surface area contributed by atoms with Crippen molar-refractivity contribution in [2.24, 2.45) is 17.3 Å². The summed E-state index contributed by atoms with van der Waals surface area (Å²) in [4.78, 5) is 0. The monoisotopic (exact) mass is 198 g/mol. The molecule has 4 atom stereocenters. The zero-order valence-corrected chi connectivity index (χ0v) is 9.99. The largest absolute Gasteiger partial charge is 0.247 e. The van der Waals surface area contributed by atoms with Crippen molar-refractivity contribution in [2.75, 3.05) is 18.8 Å². The molecule has 3 aliphatic carbocycles. The highest BCUT2D eigenvalue weighted by molar-refractivity contribution is 8.32. The standard InChI is InChI=1S/C12H22S/c1-13(2,3)11-8-9-4-6-12(9)7-5-10(11)12/h9-11H,4-8H2,1-3H3. The van der Waals surface area contributed by atoms with Gasteiger partial charge in [-0.25, -0.2) is 10.0 Å². The van der Waals surface area contributed by atoms with Crippen molar-refractivity contribution in [1.82, 2.24) is 0 Å². The predicted molar refractivity (Wildman–Crippen MR) is 61.6 cm³/mol. The Bertz CT molecular complexity index is 236. The molecule has 76 valence electrons. The molecule has 4 unspecified atom stereocenters. The van der Waals surface area contributed by atoms with Crippen molar-refractivity contribution >= 4 is 10.0 Å². The van der Waals surface area contributed by atoms with E-state index in [0.29, 0.717) is 0 Å². The molecule has 3 fully saturated rings. The van der Waals surface area contributed by atoms with Crippen LogP contribution in [0.2, 0.25) is 0 Å². The van der Waals surface area contributed by atoms with E-state index in [9.17, 15) is 0 Å². The smallest absolute Gasteiger partial charge is 0.00826 e. The van der Waals surface area contributed by atoms with Gasteiger partial charge in [-0.05, 0) is 73.4 Å². The molecule has 3 rings (SSSR count).